The maximum atomic E-state index is 12.2. The van der Waals surface area contributed by atoms with E-state index in [0.717, 1.165) is 12.3 Å². The highest BCUT2D eigenvalue weighted by Gasteiger charge is 2.33. The number of alkyl halides is 3. The number of halogens is 4. The van der Waals surface area contributed by atoms with Crippen molar-refractivity contribution in [3.8, 4) is 0 Å². The van der Waals surface area contributed by atoms with Gasteiger partial charge in [0.2, 0.25) is 0 Å². The molecule has 0 saturated heterocycles. The average molecular weight is 284 g/mol. The molecular formula is C8H5BrF3NO2. The lowest BCUT2D eigenvalue weighted by molar-refractivity contribution is -0.141. The molecule has 15 heavy (non-hydrogen) atoms. The summed E-state index contributed by atoms with van der Waals surface area (Å²) in [5.74, 6) is -1.20. The number of aromatic nitrogens is 1. The second kappa shape index (κ2) is 4.18. The van der Waals surface area contributed by atoms with Crippen LogP contribution in [0.2, 0.25) is 0 Å². The topological polar surface area (TPSA) is 50.2 Å². The van der Waals surface area contributed by atoms with E-state index in [0.29, 0.717) is 0 Å². The minimum atomic E-state index is -4.56. The first kappa shape index (κ1) is 12.0. The van der Waals surface area contributed by atoms with Gasteiger partial charge in [-0.1, -0.05) is 0 Å². The van der Waals surface area contributed by atoms with Crippen molar-refractivity contribution in [1.29, 1.82) is 0 Å². The Labute approximate surface area is 91.1 Å². The zero-order valence-corrected chi connectivity index (χ0v) is 8.76. The Morgan fingerprint density at radius 2 is 2.13 bits per heavy atom. The summed E-state index contributed by atoms with van der Waals surface area (Å²) in [7, 11) is 0. The molecule has 0 spiro atoms. The van der Waals surface area contributed by atoms with Gasteiger partial charge in [0, 0.05) is 10.7 Å². The van der Waals surface area contributed by atoms with Crippen LogP contribution in [0.1, 0.15) is 11.3 Å². The molecule has 0 atom stereocenters. The van der Waals surface area contributed by atoms with Crippen LogP contribution in [0, 0.1) is 0 Å². The highest BCUT2D eigenvalue weighted by atomic mass is 79.9. The van der Waals surface area contributed by atoms with Crippen LogP contribution < -0.4 is 0 Å². The molecule has 0 aliphatic heterocycles. The Morgan fingerprint density at radius 1 is 1.53 bits per heavy atom. The summed E-state index contributed by atoms with van der Waals surface area (Å²) in [6, 6.07) is 0.720. The Kier molecular flexibility index (Phi) is 3.33. The molecule has 0 aliphatic carbocycles. The smallest absolute Gasteiger partial charge is 0.433 e. The monoisotopic (exact) mass is 283 g/mol. The fourth-order valence-electron chi connectivity index (χ4n) is 0.934. The summed E-state index contributed by atoms with van der Waals surface area (Å²) in [6.07, 6.45) is -4.10. The molecule has 3 nitrogen and oxygen atoms in total. The molecule has 0 saturated carbocycles. The molecule has 1 heterocycles. The van der Waals surface area contributed by atoms with E-state index in [-0.39, 0.29) is 10.0 Å². The van der Waals surface area contributed by atoms with E-state index in [1.165, 1.54) is 0 Å². The van der Waals surface area contributed by atoms with Gasteiger partial charge in [-0.3, -0.25) is 9.78 Å². The van der Waals surface area contributed by atoms with Crippen LogP contribution in [0.5, 0.6) is 0 Å². The van der Waals surface area contributed by atoms with Crippen LogP contribution >= 0.6 is 15.9 Å². The minimum Gasteiger partial charge on any atom is -0.481 e. The number of carbonyl (C=O) groups is 1. The molecular weight excluding hydrogens is 279 g/mol. The van der Waals surface area contributed by atoms with Crippen LogP contribution in [0.25, 0.3) is 0 Å². The van der Waals surface area contributed by atoms with Crippen molar-refractivity contribution in [3.63, 3.8) is 0 Å². The standard InChI is InChI=1S/C8H5BrF3NO2/c9-5-3-13-6(8(10,11)12)1-4(5)2-7(14)15/h1,3H,2H2,(H,14,15). The highest BCUT2D eigenvalue weighted by Crippen LogP contribution is 2.29. The summed E-state index contributed by atoms with van der Waals surface area (Å²) in [5, 5.41) is 8.46. The third-order valence-electron chi connectivity index (χ3n) is 1.57. The highest BCUT2D eigenvalue weighted by molar-refractivity contribution is 9.10. The molecule has 0 unspecified atom stereocenters. The van der Waals surface area contributed by atoms with Gasteiger partial charge in [-0.2, -0.15) is 13.2 Å². The molecule has 0 fully saturated rings. The van der Waals surface area contributed by atoms with Crippen molar-refractivity contribution >= 4 is 21.9 Å². The maximum absolute atomic E-state index is 12.2. The fraction of sp³-hybridized carbons (Fsp3) is 0.250. The Hall–Kier alpha value is -1.11. The molecule has 1 rings (SSSR count). The molecule has 0 radical (unpaired) electrons. The molecule has 1 aromatic heterocycles. The summed E-state index contributed by atoms with van der Waals surface area (Å²) in [6.45, 7) is 0. The van der Waals surface area contributed by atoms with Crippen LogP contribution in [-0.2, 0) is 17.4 Å². The van der Waals surface area contributed by atoms with Gasteiger partial charge in [0.25, 0.3) is 0 Å². The number of hydrogen-bond acceptors (Lipinski definition) is 2. The van der Waals surface area contributed by atoms with Gasteiger partial charge >= 0.3 is 12.1 Å². The Balaban J connectivity index is 3.11. The first-order chi connectivity index (χ1) is 6.80. The molecule has 0 aromatic carbocycles. The third-order valence-corrected chi connectivity index (χ3v) is 2.28. The first-order valence-electron chi connectivity index (χ1n) is 3.74. The second-order valence-corrected chi connectivity index (χ2v) is 3.58. The molecule has 1 N–H and O–H groups in total. The van der Waals surface area contributed by atoms with E-state index in [9.17, 15) is 18.0 Å². The summed E-state index contributed by atoms with van der Waals surface area (Å²) >= 11 is 2.93. The van der Waals surface area contributed by atoms with Crippen LogP contribution in [-0.4, -0.2) is 16.1 Å². The lowest BCUT2D eigenvalue weighted by Gasteiger charge is -2.08. The largest absolute Gasteiger partial charge is 0.481 e. The number of pyridine rings is 1. The van der Waals surface area contributed by atoms with Gasteiger partial charge in [-0.25, -0.2) is 0 Å². The fourth-order valence-corrected chi connectivity index (χ4v) is 1.29. The number of carboxylic acids is 1. The second-order valence-electron chi connectivity index (χ2n) is 2.73. The predicted molar refractivity (Wildman–Crippen MR) is 48.3 cm³/mol. The number of rotatable bonds is 2. The van der Waals surface area contributed by atoms with Gasteiger partial charge < -0.3 is 5.11 Å². The van der Waals surface area contributed by atoms with Crippen molar-refractivity contribution in [2.24, 2.45) is 0 Å². The number of nitrogens with zero attached hydrogens (tertiary/aromatic N) is 1. The predicted octanol–water partition coefficient (Wildman–Crippen LogP) is 2.49. The first-order valence-corrected chi connectivity index (χ1v) is 4.53. The van der Waals surface area contributed by atoms with E-state index >= 15 is 0 Å². The quantitative estimate of drug-likeness (QED) is 0.907. The van der Waals surface area contributed by atoms with Crippen LogP contribution in [0.4, 0.5) is 13.2 Å². The number of carboxylic acid groups (broad SMARTS) is 1. The zero-order valence-electron chi connectivity index (χ0n) is 7.18. The number of hydrogen-bond donors (Lipinski definition) is 1. The summed E-state index contributed by atoms with van der Waals surface area (Å²) in [5.41, 5.74) is -1.05. The summed E-state index contributed by atoms with van der Waals surface area (Å²) < 4.78 is 36.9. The van der Waals surface area contributed by atoms with E-state index in [2.05, 4.69) is 20.9 Å². The van der Waals surface area contributed by atoms with Crippen molar-refractivity contribution < 1.29 is 23.1 Å². The lowest BCUT2D eigenvalue weighted by atomic mass is 10.1. The van der Waals surface area contributed by atoms with Gasteiger partial charge in [0.15, 0.2) is 0 Å². The van der Waals surface area contributed by atoms with E-state index in [1.54, 1.807) is 0 Å². The zero-order chi connectivity index (χ0) is 11.6. The van der Waals surface area contributed by atoms with Gasteiger partial charge in [0.05, 0.1) is 6.42 Å². The third kappa shape index (κ3) is 3.19. The van der Waals surface area contributed by atoms with Gasteiger partial charge in [-0.05, 0) is 27.6 Å². The van der Waals surface area contributed by atoms with Crippen molar-refractivity contribution in [1.82, 2.24) is 4.98 Å². The van der Waals surface area contributed by atoms with Gasteiger partial charge in [-0.15, -0.1) is 0 Å². The van der Waals surface area contributed by atoms with Crippen LogP contribution in [0.3, 0.4) is 0 Å². The van der Waals surface area contributed by atoms with E-state index in [4.69, 9.17) is 5.11 Å². The van der Waals surface area contributed by atoms with Crippen molar-refractivity contribution in [3.05, 3.63) is 28.0 Å². The molecule has 0 amide bonds. The Bertz CT molecular complexity index is 392. The maximum Gasteiger partial charge on any atom is 0.433 e. The van der Waals surface area contributed by atoms with E-state index < -0.39 is 24.3 Å². The van der Waals surface area contributed by atoms with Crippen LogP contribution in [0.15, 0.2) is 16.7 Å². The minimum absolute atomic E-state index is 0.0461. The summed E-state index contributed by atoms with van der Waals surface area (Å²) in [4.78, 5) is 13.5. The average Bonchev–Trinajstić information content (AvgIpc) is 2.06. The Morgan fingerprint density at radius 3 is 2.60 bits per heavy atom. The number of aliphatic carboxylic acids is 1. The molecule has 7 heteroatoms. The molecule has 0 aliphatic rings. The SMILES string of the molecule is O=C(O)Cc1cc(C(F)(F)F)ncc1Br. The molecule has 1 aromatic rings. The van der Waals surface area contributed by atoms with E-state index in [1.807, 2.05) is 0 Å². The normalized spacial score (nSPS) is 11.5. The molecule has 0 bridgehead atoms. The molecule has 82 valence electrons. The van der Waals surface area contributed by atoms with Gasteiger partial charge in [0.1, 0.15) is 5.69 Å². The van der Waals surface area contributed by atoms with Crippen molar-refractivity contribution in [2.45, 2.75) is 12.6 Å². The van der Waals surface area contributed by atoms with Crippen molar-refractivity contribution in [2.75, 3.05) is 0 Å². The lowest BCUT2D eigenvalue weighted by Crippen LogP contribution is -2.10.